The van der Waals surface area contributed by atoms with Gasteiger partial charge in [0.25, 0.3) is 0 Å². The van der Waals surface area contributed by atoms with E-state index in [0.717, 1.165) is 30.5 Å². The van der Waals surface area contributed by atoms with Crippen LogP contribution in [0.15, 0.2) is 28.7 Å². The van der Waals surface area contributed by atoms with Crippen LogP contribution in [0.3, 0.4) is 0 Å². The Morgan fingerprint density at radius 1 is 1.53 bits per heavy atom. The third-order valence-electron chi connectivity index (χ3n) is 3.51. The summed E-state index contributed by atoms with van der Waals surface area (Å²) in [6.07, 6.45) is 1.84. The summed E-state index contributed by atoms with van der Waals surface area (Å²) in [6.45, 7) is 1.42. The number of aromatic nitrogens is 1. The molecule has 1 aliphatic rings. The number of para-hydroxylation sites is 2. The highest BCUT2D eigenvalue weighted by Gasteiger charge is 2.32. The van der Waals surface area contributed by atoms with E-state index in [1.165, 1.54) is 7.11 Å². The fraction of sp³-hybridized carbons (Fsp3) is 0.429. The maximum atomic E-state index is 11.7. The van der Waals surface area contributed by atoms with Gasteiger partial charge in [0.05, 0.1) is 13.7 Å². The molecule has 19 heavy (non-hydrogen) atoms. The largest absolute Gasteiger partial charge is 0.468 e. The molecule has 0 saturated carbocycles. The summed E-state index contributed by atoms with van der Waals surface area (Å²) >= 11 is 0. The second-order valence-electron chi connectivity index (χ2n) is 4.73. The summed E-state index contributed by atoms with van der Waals surface area (Å²) in [5, 5.41) is 0. The molecule has 5 nitrogen and oxygen atoms in total. The quantitative estimate of drug-likeness (QED) is 0.790. The first kappa shape index (κ1) is 12.2. The zero-order valence-corrected chi connectivity index (χ0v) is 10.8. The normalized spacial score (nSPS) is 19.9. The van der Waals surface area contributed by atoms with E-state index in [1.807, 2.05) is 24.3 Å². The monoisotopic (exact) mass is 260 g/mol. The minimum atomic E-state index is -0.173. The van der Waals surface area contributed by atoms with Crippen molar-refractivity contribution in [2.24, 2.45) is 0 Å². The van der Waals surface area contributed by atoms with Crippen molar-refractivity contribution < 1.29 is 13.9 Å². The number of esters is 1. The molecule has 0 N–H and O–H groups in total. The Labute approximate surface area is 111 Å². The first-order chi connectivity index (χ1) is 9.28. The van der Waals surface area contributed by atoms with E-state index < -0.39 is 0 Å². The highest BCUT2D eigenvalue weighted by atomic mass is 16.5. The van der Waals surface area contributed by atoms with Crippen LogP contribution in [0, 0.1) is 0 Å². The third-order valence-corrected chi connectivity index (χ3v) is 3.51. The Balaban J connectivity index is 1.78. The number of rotatable bonds is 3. The van der Waals surface area contributed by atoms with E-state index in [1.54, 1.807) is 0 Å². The highest BCUT2D eigenvalue weighted by molar-refractivity contribution is 5.76. The molecule has 0 radical (unpaired) electrons. The standard InChI is InChI=1S/C14H16N2O3/c1-18-14(17)11-6-4-8-16(11)9-13-15-10-5-2-3-7-12(10)19-13/h2-3,5,7,11H,4,6,8-9H2,1H3/t11-/m0/s1. The van der Waals surface area contributed by atoms with Crippen molar-refractivity contribution in [2.75, 3.05) is 13.7 Å². The molecule has 0 aliphatic carbocycles. The van der Waals surface area contributed by atoms with Crippen molar-refractivity contribution in [3.63, 3.8) is 0 Å². The summed E-state index contributed by atoms with van der Waals surface area (Å²) in [5.74, 6) is 0.477. The predicted molar refractivity (Wildman–Crippen MR) is 69.5 cm³/mol. The zero-order valence-electron chi connectivity index (χ0n) is 10.8. The molecule has 1 atom stereocenters. The van der Waals surface area contributed by atoms with Gasteiger partial charge in [-0.3, -0.25) is 9.69 Å². The fourth-order valence-corrected chi connectivity index (χ4v) is 2.58. The van der Waals surface area contributed by atoms with E-state index >= 15 is 0 Å². The van der Waals surface area contributed by atoms with Crippen LogP contribution in [0.4, 0.5) is 0 Å². The van der Waals surface area contributed by atoms with Crippen LogP contribution in [0.1, 0.15) is 18.7 Å². The summed E-state index contributed by atoms with van der Waals surface area (Å²) in [5.41, 5.74) is 1.64. The Morgan fingerprint density at radius 2 is 2.37 bits per heavy atom. The van der Waals surface area contributed by atoms with Crippen LogP contribution < -0.4 is 0 Å². The lowest BCUT2D eigenvalue weighted by molar-refractivity contribution is -0.146. The summed E-state index contributed by atoms with van der Waals surface area (Å²) in [4.78, 5) is 18.2. The first-order valence-electron chi connectivity index (χ1n) is 6.44. The Kier molecular flexibility index (Phi) is 3.21. The Bertz CT molecular complexity index is 560. The van der Waals surface area contributed by atoms with Gasteiger partial charge in [0.2, 0.25) is 5.89 Å². The molecule has 0 unspecified atom stereocenters. The maximum Gasteiger partial charge on any atom is 0.323 e. The molecule has 2 aromatic rings. The molecule has 1 aliphatic heterocycles. The lowest BCUT2D eigenvalue weighted by Gasteiger charge is -2.20. The van der Waals surface area contributed by atoms with Gasteiger partial charge in [-0.25, -0.2) is 4.98 Å². The van der Waals surface area contributed by atoms with Crippen LogP contribution in [0.5, 0.6) is 0 Å². The minimum absolute atomic E-state index is 0.167. The van der Waals surface area contributed by atoms with Crippen molar-refractivity contribution in [1.82, 2.24) is 9.88 Å². The second kappa shape index (κ2) is 5.01. The molecule has 1 aromatic heterocycles. The summed E-state index contributed by atoms with van der Waals surface area (Å²) in [6, 6.07) is 7.50. The summed E-state index contributed by atoms with van der Waals surface area (Å²) < 4.78 is 10.5. The molecular formula is C14H16N2O3. The molecule has 1 fully saturated rings. The number of benzene rings is 1. The number of fused-ring (bicyclic) bond motifs is 1. The molecule has 0 bridgehead atoms. The lowest BCUT2D eigenvalue weighted by atomic mass is 10.2. The minimum Gasteiger partial charge on any atom is -0.468 e. The number of hydrogen-bond acceptors (Lipinski definition) is 5. The molecule has 5 heteroatoms. The van der Waals surface area contributed by atoms with Crippen molar-refractivity contribution in [2.45, 2.75) is 25.4 Å². The molecule has 0 spiro atoms. The van der Waals surface area contributed by atoms with Crippen LogP contribution in [0.25, 0.3) is 11.1 Å². The van der Waals surface area contributed by atoms with E-state index in [4.69, 9.17) is 9.15 Å². The maximum absolute atomic E-state index is 11.7. The Hall–Kier alpha value is -1.88. The van der Waals surface area contributed by atoms with Gasteiger partial charge in [0.15, 0.2) is 5.58 Å². The van der Waals surface area contributed by atoms with Gasteiger partial charge < -0.3 is 9.15 Å². The van der Waals surface area contributed by atoms with E-state index in [9.17, 15) is 4.79 Å². The average Bonchev–Trinajstić information content (AvgIpc) is 3.04. The molecule has 100 valence electrons. The van der Waals surface area contributed by atoms with Crippen LogP contribution in [0.2, 0.25) is 0 Å². The number of ether oxygens (including phenoxy) is 1. The number of nitrogens with zero attached hydrogens (tertiary/aromatic N) is 2. The van der Waals surface area contributed by atoms with Gasteiger partial charge in [0, 0.05) is 0 Å². The molecule has 0 amide bonds. The molecular weight excluding hydrogens is 244 g/mol. The molecule has 1 aromatic carbocycles. The van der Waals surface area contributed by atoms with Gasteiger partial charge >= 0.3 is 5.97 Å². The van der Waals surface area contributed by atoms with Crippen molar-refractivity contribution >= 4 is 17.1 Å². The van der Waals surface area contributed by atoms with Crippen LogP contribution in [-0.4, -0.2) is 35.5 Å². The number of likely N-dealkylation sites (tertiary alicyclic amines) is 1. The SMILES string of the molecule is COC(=O)[C@@H]1CCCN1Cc1nc2ccccc2o1. The smallest absolute Gasteiger partial charge is 0.323 e. The van der Waals surface area contributed by atoms with Crippen molar-refractivity contribution in [3.05, 3.63) is 30.2 Å². The van der Waals surface area contributed by atoms with Crippen LogP contribution in [-0.2, 0) is 16.1 Å². The number of methoxy groups -OCH3 is 1. The topological polar surface area (TPSA) is 55.6 Å². The van der Waals surface area contributed by atoms with E-state index in [-0.39, 0.29) is 12.0 Å². The average molecular weight is 260 g/mol. The van der Waals surface area contributed by atoms with Gasteiger partial charge in [-0.05, 0) is 31.5 Å². The van der Waals surface area contributed by atoms with Gasteiger partial charge in [-0.2, -0.15) is 0 Å². The first-order valence-corrected chi connectivity index (χ1v) is 6.44. The zero-order chi connectivity index (χ0) is 13.2. The Morgan fingerprint density at radius 3 is 3.16 bits per heavy atom. The number of carbonyl (C=O) groups is 1. The molecule has 2 heterocycles. The van der Waals surface area contributed by atoms with Gasteiger partial charge in [0.1, 0.15) is 11.6 Å². The predicted octanol–water partition coefficient (Wildman–Crippen LogP) is 1.97. The van der Waals surface area contributed by atoms with Gasteiger partial charge in [-0.15, -0.1) is 0 Å². The number of carbonyl (C=O) groups excluding carboxylic acids is 1. The fourth-order valence-electron chi connectivity index (χ4n) is 2.58. The molecule has 1 saturated heterocycles. The van der Waals surface area contributed by atoms with E-state index in [2.05, 4.69) is 9.88 Å². The number of oxazole rings is 1. The van der Waals surface area contributed by atoms with Gasteiger partial charge in [-0.1, -0.05) is 12.1 Å². The highest BCUT2D eigenvalue weighted by Crippen LogP contribution is 2.22. The third kappa shape index (κ3) is 2.33. The lowest BCUT2D eigenvalue weighted by Crippen LogP contribution is -2.36. The number of hydrogen-bond donors (Lipinski definition) is 0. The summed E-state index contributed by atoms with van der Waals surface area (Å²) in [7, 11) is 1.43. The van der Waals surface area contributed by atoms with Crippen molar-refractivity contribution in [1.29, 1.82) is 0 Å². The molecule has 3 rings (SSSR count). The van der Waals surface area contributed by atoms with E-state index in [0.29, 0.717) is 12.4 Å². The van der Waals surface area contributed by atoms with Crippen LogP contribution >= 0.6 is 0 Å². The van der Waals surface area contributed by atoms with Crippen molar-refractivity contribution in [3.8, 4) is 0 Å². The second-order valence-corrected chi connectivity index (χ2v) is 4.73.